The Morgan fingerprint density at radius 2 is 1.84 bits per heavy atom. The molecule has 1 aromatic carbocycles. The predicted molar refractivity (Wildman–Crippen MR) is 77.9 cm³/mol. The van der Waals surface area contributed by atoms with Crippen molar-refractivity contribution < 1.29 is 0 Å². The summed E-state index contributed by atoms with van der Waals surface area (Å²) in [5.74, 6) is 0.922. The molecule has 1 heterocycles. The monoisotopic (exact) mass is 297 g/mol. The average molecular weight is 298 g/mol. The predicted octanol–water partition coefficient (Wildman–Crippen LogP) is 2.86. The number of hydrogen-bond donors (Lipinski definition) is 1. The van der Waals surface area contributed by atoms with Crippen molar-refractivity contribution in [3.8, 4) is 0 Å². The summed E-state index contributed by atoms with van der Waals surface area (Å²) in [6.45, 7) is 0.521. The number of benzene rings is 1. The second-order valence-corrected chi connectivity index (χ2v) is 4.81. The summed E-state index contributed by atoms with van der Waals surface area (Å²) in [5.41, 5.74) is 0.965. The van der Waals surface area contributed by atoms with Crippen LogP contribution in [-0.2, 0) is 6.54 Å². The molecular formula is C12H13Cl2N5. The van der Waals surface area contributed by atoms with Gasteiger partial charge in [0.15, 0.2) is 0 Å². The van der Waals surface area contributed by atoms with Crippen molar-refractivity contribution in [3.05, 3.63) is 40.1 Å². The van der Waals surface area contributed by atoms with Crippen molar-refractivity contribution >= 4 is 35.1 Å². The van der Waals surface area contributed by atoms with Crippen LogP contribution in [-0.4, -0.2) is 29.0 Å². The van der Waals surface area contributed by atoms with E-state index in [2.05, 4.69) is 20.3 Å². The van der Waals surface area contributed by atoms with E-state index in [0.29, 0.717) is 23.5 Å². The molecule has 0 fully saturated rings. The van der Waals surface area contributed by atoms with Gasteiger partial charge in [-0.3, -0.25) is 0 Å². The molecule has 0 unspecified atom stereocenters. The minimum atomic E-state index is 0.153. The van der Waals surface area contributed by atoms with Gasteiger partial charge in [-0.1, -0.05) is 29.8 Å². The average Bonchev–Trinajstić information content (AvgIpc) is 2.37. The van der Waals surface area contributed by atoms with Gasteiger partial charge >= 0.3 is 0 Å². The highest BCUT2D eigenvalue weighted by atomic mass is 35.5. The lowest BCUT2D eigenvalue weighted by molar-refractivity contribution is 0.942. The van der Waals surface area contributed by atoms with Crippen molar-refractivity contribution in [2.24, 2.45) is 0 Å². The molecule has 0 radical (unpaired) electrons. The molecule has 0 aliphatic rings. The fraction of sp³-hybridized carbons (Fsp3) is 0.250. The molecule has 1 aromatic heterocycles. The highest BCUT2D eigenvalue weighted by molar-refractivity contribution is 6.31. The van der Waals surface area contributed by atoms with Crippen LogP contribution in [0.15, 0.2) is 24.3 Å². The Morgan fingerprint density at radius 1 is 1.11 bits per heavy atom. The second kappa shape index (κ2) is 6.04. The topological polar surface area (TPSA) is 53.9 Å². The summed E-state index contributed by atoms with van der Waals surface area (Å²) in [7, 11) is 3.67. The van der Waals surface area contributed by atoms with Gasteiger partial charge in [-0.05, 0) is 23.2 Å². The molecule has 5 nitrogen and oxygen atoms in total. The first-order valence-electron chi connectivity index (χ1n) is 5.62. The van der Waals surface area contributed by atoms with E-state index in [1.165, 1.54) is 0 Å². The zero-order chi connectivity index (χ0) is 13.8. The van der Waals surface area contributed by atoms with Crippen molar-refractivity contribution in [3.63, 3.8) is 0 Å². The number of anilines is 2. The summed E-state index contributed by atoms with van der Waals surface area (Å²) < 4.78 is 0. The summed E-state index contributed by atoms with van der Waals surface area (Å²) in [6, 6.07) is 7.58. The molecule has 0 amide bonds. The van der Waals surface area contributed by atoms with Gasteiger partial charge in [0.25, 0.3) is 0 Å². The first-order chi connectivity index (χ1) is 9.06. The van der Waals surface area contributed by atoms with Crippen molar-refractivity contribution in [2.75, 3.05) is 24.3 Å². The largest absolute Gasteiger partial charge is 0.350 e. The lowest BCUT2D eigenvalue weighted by Gasteiger charge is -2.12. The second-order valence-electron chi connectivity index (χ2n) is 4.07. The highest BCUT2D eigenvalue weighted by Crippen LogP contribution is 2.17. The molecule has 0 saturated carbocycles. The van der Waals surface area contributed by atoms with Crippen LogP contribution in [0.3, 0.4) is 0 Å². The Kier molecular flexibility index (Phi) is 4.39. The van der Waals surface area contributed by atoms with E-state index in [0.717, 1.165) is 5.56 Å². The van der Waals surface area contributed by atoms with Gasteiger partial charge in [0.1, 0.15) is 0 Å². The normalized spacial score (nSPS) is 10.3. The zero-order valence-electron chi connectivity index (χ0n) is 10.6. The summed E-state index contributed by atoms with van der Waals surface area (Å²) in [6.07, 6.45) is 0. The number of aromatic nitrogens is 3. The van der Waals surface area contributed by atoms with Gasteiger partial charge in [0, 0.05) is 25.7 Å². The van der Waals surface area contributed by atoms with Crippen LogP contribution >= 0.6 is 23.2 Å². The van der Waals surface area contributed by atoms with Crippen LogP contribution in [0.5, 0.6) is 0 Å². The summed E-state index contributed by atoms with van der Waals surface area (Å²) in [5, 5.41) is 3.93. The SMILES string of the molecule is CN(C)c1nc(Cl)nc(NCc2ccccc2Cl)n1. The Labute approximate surface area is 121 Å². The number of hydrogen-bond acceptors (Lipinski definition) is 5. The first kappa shape index (κ1) is 13.8. The third-order valence-corrected chi connectivity index (χ3v) is 2.93. The molecule has 0 atom stereocenters. The van der Waals surface area contributed by atoms with Gasteiger partial charge in [0.2, 0.25) is 17.2 Å². The highest BCUT2D eigenvalue weighted by Gasteiger charge is 2.07. The van der Waals surface area contributed by atoms with Crippen LogP contribution in [0.2, 0.25) is 10.3 Å². The van der Waals surface area contributed by atoms with E-state index in [1.54, 1.807) is 4.90 Å². The standard InChI is InChI=1S/C12H13Cl2N5/c1-19(2)12-17-10(14)16-11(18-12)15-7-8-5-3-4-6-9(8)13/h3-6H,7H2,1-2H3,(H,15,16,17,18). The van der Waals surface area contributed by atoms with Crippen LogP contribution in [0.25, 0.3) is 0 Å². The number of nitrogens with zero attached hydrogens (tertiary/aromatic N) is 4. The van der Waals surface area contributed by atoms with Crippen LogP contribution in [0.1, 0.15) is 5.56 Å². The van der Waals surface area contributed by atoms with E-state index in [-0.39, 0.29) is 5.28 Å². The van der Waals surface area contributed by atoms with Crippen LogP contribution < -0.4 is 10.2 Å². The number of nitrogens with one attached hydrogen (secondary N) is 1. The van der Waals surface area contributed by atoms with E-state index in [9.17, 15) is 0 Å². The summed E-state index contributed by atoms with van der Waals surface area (Å²) >= 11 is 11.9. The van der Waals surface area contributed by atoms with Gasteiger partial charge in [0.05, 0.1) is 0 Å². The molecule has 0 bridgehead atoms. The fourth-order valence-corrected chi connectivity index (χ4v) is 1.79. The van der Waals surface area contributed by atoms with Gasteiger partial charge < -0.3 is 10.2 Å². The third-order valence-electron chi connectivity index (χ3n) is 2.39. The van der Waals surface area contributed by atoms with Crippen LogP contribution in [0, 0.1) is 0 Å². The molecule has 0 saturated heterocycles. The molecule has 0 spiro atoms. The maximum atomic E-state index is 6.08. The van der Waals surface area contributed by atoms with Crippen molar-refractivity contribution in [2.45, 2.75) is 6.54 Å². The Morgan fingerprint density at radius 3 is 2.53 bits per heavy atom. The van der Waals surface area contributed by atoms with Crippen molar-refractivity contribution in [1.82, 2.24) is 15.0 Å². The summed E-state index contributed by atoms with van der Waals surface area (Å²) in [4.78, 5) is 14.0. The smallest absolute Gasteiger partial charge is 0.230 e. The first-order valence-corrected chi connectivity index (χ1v) is 6.38. The molecule has 1 N–H and O–H groups in total. The van der Waals surface area contributed by atoms with Gasteiger partial charge in [-0.2, -0.15) is 15.0 Å². The lowest BCUT2D eigenvalue weighted by atomic mass is 10.2. The lowest BCUT2D eigenvalue weighted by Crippen LogP contribution is -2.15. The molecule has 2 rings (SSSR count). The van der Waals surface area contributed by atoms with E-state index in [1.807, 2.05) is 38.4 Å². The molecule has 19 heavy (non-hydrogen) atoms. The zero-order valence-corrected chi connectivity index (χ0v) is 12.1. The Hall–Kier alpha value is -1.59. The van der Waals surface area contributed by atoms with Gasteiger partial charge in [-0.25, -0.2) is 0 Å². The van der Waals surface area contributed by atoms with E-state index >= 15 is 0 Å². The Balaban J connectivity index is 2.14. The molecular weight excluding hydrogens is 285 g/mol. The third kappa shape index (κ3) is 3.68. The number of rotatable bonds is 4. The fourth-order valence-electron chi connectivity index (χ4n) is 1.43. The maximum Gasteiger partial charge on any atom is 0.230 e. The quantitative estimate of drug-likeness (QED) is 0.940. The van der Waals surface area contributed by atoms with E-state index in [4.69, 9.17) is 23.2 Å². The van der Waals surface area contributed by atoms with Gasteiger partial charge in [-0.15, -0.1) is 0 Å². The molecule has 0 aliphatic heterocycles. The molecule has 100 valence electrons. The Bertz CT molecular complexity index is 574. The number of halogens is 2. The minimum Gasteiger partial charge on any atom is -0.350 e. The van der Waals surface area contributed by atoms with Crippen LogP contribution in [0.4, 0.5) is 11.9 Å². The van der Waals surface area contributed by atoms with Crippen molar-refractivity contribution in [1.29, 1.82) is 0 Å². The minimum absolute atomic E-state index is 0.153. The van der Waals surface area contributed by atoms with E-state index < -0.39 is 0 Å². The maximum absolute atomic E-state index is 6.08. The molecule has 0 aliphatic carbocycles. The molecule has 7 heteroatoms. The molecule has 2 aromatic rings.